The van der Waals surface area contributed by atoms with Gasteiger partial charge in [0.2, 0.25) is 0 Å². The summed E-state index contributed by atoms with van der Waals surface area (Å²) >= 11 is 0. The van der Waals surface area contributed by atoms with E-state index in [1.165, 1.54) is 39.3 Å². The van der Waals surface area contributed by atoms with Gasteiger partial charge in [0, 0.05) is 49.4 Å². The molecule has 6 heteroatoms. The molecule has 0 spiro atoms. The molecule has 0 radical (unpaired) electrons. The maximum atomic E-state index is 4.65. The average molecular weight is 642 g/mol. The molecule has 43 heavy (non-hydrogen) atoms. The Morgan fingerprint density at radius 2 is 1.21 bits per heavy atom. The van der Waals surface area contributed by atoms with Crippen LogP contribution in [0.5, 0.6) is 0 Å². The number of rotatable bonds is 2. The van der Waals surface area contributed by atoms with Crippen molar-refractivity contribution in [2.24, 2.45) is 0 Å². The van der Waals surface area contributed by atoms with E-state index in [1.54, 1.807) is 0 Å². The molecule has 0 atom stereocenters. The SMILES string of the molecule is CN1[CH-]N(c2[c-]c3c(cc2)-c2ccccc2N2B3c3[c-]c(-c4ccccn4)ccc3-c3ccccc32)c2ccccc21.[Pd]. The molecule has 0 saturated carbocycles. The molecule has 0 N–H and O–H groups in total. The van der Waals surface area contributed by atoms with Crippen molar-refractivity contribution in [1.29, 1.82) is 0 Å². The van der Waals surface area contributed by atoms with Crippen LogP contribution < -0.4 is 25.5 Å². The first-order chi connectivity index (χ1) is 20.8. The number of anilines is 5. The van der Waals surface area contributed by atoms with Gasteiger partial charge in [0.15, 0.2) is 0 Å². The summed E-state index contributed by atoms with van der Waals surface area (Å²) in [5.74, 6) is 0. The summed E-state index contributed by atoms with van der Waals surface area (Å²) in [4.78, 5) is 11.6. The predicted octanol–water partition coefficient (Wildman–Crippen LogP) is 6.96. The molecule has 208 valence electrons. The summed E-state index contributed by atoms with van der Waals surface area (Å²) in [5.41, 5.74) is 14.8. The number of hydrogen-bond donors (Lipinski definition) is 0. The molecule has 0 unspecified atom stereocenters. The topological polar surface area (TPSA) is 22.6 Å². The Kier molecular flexibility index (Phi) is 6.05. The molecule has 9 rings (SSSR count). The van der Waals surface area contributed by atoms with Crippen LogP contribution in [0.2, 0.25) is 0 Å². The van der Waals surface area contributed by atoms with Crippen LogP contribution in [0.15, 0.2) is 121 Å². The Balaban J connectivity index is 0.00000278. The van der Waals surface area contributed by atoms with E-state index in [-0.39, 0.29) is 27.3 Å². The Bertz CT molecular complexity index is 2030. The molecule has 4 nitrogen and oxygen atoms in total. The zero-order chi connectivity index (χ0) is 27.8. The van der Waals surface area contributed by atoms with Crippen molar-refractivity contribution < 1.29 is 20.4 Å². The van der Waals surface area contributed by atoms with Crippen LogP contribution in [-0.4, -0.2) is 18.9 Å². The number of para-hydroxylation sites is 4. The molecular formula is C37H24BN4Pd-3. The van der Waals surface area contributed by atoms with Gasteiger partial charge in [0.25, 0.3) is 6.85 Å². The molecule has 0 bridgehead atoms. The fourth-order valence-corrected chi connectivity index (χ4v) is 6.81. The van der Waals surface area contributed by atoms with Gasteiger partial charge in [-0.15, -0.1) is 52.1 Å². The van der Waals surface area contributed by atoms with Crippen molar-refractivity contribution in [3.8, 4) is 33.5 Å². The van der Waals surface area contributed by atoms with E-state index in [4.69, 9.17) is 0 Å². The van der Waals surface area contributed by atoms with Crippen molar-refractivity contribution in [1.82, 2.24) is 4.98 Å². The number of hydrogen-bond acceptors (Lipinski definition) is 4. The van der Waals surface area contributed by atoms with Crippen molar-refractivity contribution >= 4 is 46.2 Å². The van der Waals surface area contributed by atoms with Gasteiger partial charge in [-0.1, -0.05) is 66.2 Å². The van der Waals surface area contributed by atoms with E-state index < -0.39 is 0 Å². The first-order valence-corrected chi connectivity index (χ1v) is 14.2. The van der Waals surface area contributed by atoms with E-state index in [2.05, 4.69) is 149 Å². The minimum atomic E-state index is -0.0982. The minimum Gasteiger partial charge on any atom is -0.504 e. The van der Waals surface area contributed by atoms with Gasteiger partial charge in [0.1, 0.15) is 0 Å². The first kappa shape index (κ1) is 26.0. The van der Waals surface area contributed by atoms with Crippen molar-refractivity contribution in [3.63, 3.8) is 0 Å². The Hall–Kier alpha value is -4.62. The van der Waals surface area contributed by atoms with E-state index in [0.29, 0.717) is 0 Å². The second-order valence-electron chi connectivity index (χ2n) is 11.0. The second-order valence-corrected chi connectivity index (χ2v) is 11.0. The van der Waals surface area contributed by atoms with E-state index in [1.807, 2.05) is 18.3 Å². The van der Waals surface area contributed by atoms with Gasteiger partial charge in [-0.25, -0.2) is 0 Å². The van der Waals surface area contributed by atoms with Gasteiger partial charge >= 0.3 is 0 Å². The summed E-state index contributed by atoms with van der Waals surface area (Å²) in [6, 6.07) is 48.7. The summed E-state index contributed by atoms with van der Waals surface area (Å²) in [6.45, 7) is 2.05. The number of pyridine rings is 1. The molecular weight excluding hydrogens is 618 g/mol. The fraction of sp³-hybridized carbons (Fsp3) is 0.0270. The van der Waals surface area contributed by atoms with Crippen LogP contribution in [-0.2, 0) is 20.4 Å². The molecule has 5 aromatic carbocycles. The van der Waals surface area contributed by atoms with Crippen LogP contribution >= 0.6 is 0 Å². The molecule has 4 heterocycles. The molecule has 3 aliphatic heterocycles. The van der Waals surface area contributed by atoms with E-state index >= 15 is 0 Å². The summed E-state index contributed by atoms with van der Waals surface area (Å²) in [7, 11) is 2.09. The van der Waals surface area contributed by atoms with E-state index in [9.17, 15) is 0 Å². The van der Waals surface area contributed by atoms with Crippen LogP contribution in [0, 0.1) is 18.8 Å². The van der Waals surface area contributed by atoms with Crippen LogP contribution in [0.25, 0.3) is 33.5 Å². The average Bonchev–Trinajstić information content (AvgIpc) is 3.40. The van der Waals surface area contributed by atoms with Crippen LogP contribution in [0.3, 0.4) is 0 Å². The van der Waals surface area contributed by atoms with Gasteiger partial charge in [-0.3, -0.25) is 0 Å². The Morgan fingerprint density at radius 1 is 0.605 bits per heavy atom. The first-order valence-electron chi connectivity index (χ1n) is 14.2. The monoisotopic (exact) mass is 641 g/mol. The molecule has 0 saturated heterocycles. The predicted molar refractivity (Wildman–Crippen MR) is 173 cm³/mol. The fourth-order valence-electron chi connectivity index (χ4n) is 6.81. The molecule has 3 aliphatic rings. The standard InChI is InChI=1S/C37H24BN4.Pd/c1-40-24-41(37-16-7-6-15-36(37)40)26-18-20-28-30-11-3-5-14-35(30)42-34-13-4-2-10-29(34)27-19-17-25(33-12-8-9-21-39-33)22-31(27)38(42)32(28)23-26;/h2-21,24H,1H3;/q-3;. The number of aromatic nitrogens is 1. The van der Waals surface area contributed by atoms with Crippen molar-refractivity contribution in [2.45, 2.75) is 0 Å². The quantitative estimate of drug-likeness (QED) is 0.151. The van der Waals surface area contributed by atoms with Gasteiger partial charge in [-0.2, -0.15) is 24.3 Å². The zero-order valence-corrected chi connectivity index (χ0v) is 24.9. The van der Waals surface area contributed by atoms with Gasteiger partial charge in [0.05, 0.1) is 0 Å². The summed E-state index contributed by atoms with van der Waals surface area (Å²) < 4.78 is 0. The molecule has 0 amide bonds. The smallest absolute Gasteiger partial charge is 0.285 e. The number of nitrogens with zero attached hydrogens (tertiary/aromatic N) is 4. The van der Waals surface area contributed by atoms with Crippen LogP contribution in [0.1, 0.15) is 0 Å². The van der Waals surface area contributed by atoms with E-state index in [0.717, 1.165) is 33.6 Å². The third-order valence-corrected chi connectivity index (χ3v) is 8.66. The van der Waals surface area contributed by atoms with Gasteiger partial charge < -0.3 is 19.6 Å². The second kappa shape index (κ2) is 9.99. The normalized spacial score (nSPS) is 13.7. The minimum absolute atomic E-state index is 0. The number of fused-ring (bicyclic) bond motifs is 12. The van der Waals surface area contributed by atoms with Gasteiger partial charge in [-0.05, 0) is 48.6 Å². The van der Waals surface area contributed by atoms with Crippen LogP contribution in [0.4, 0.5) is 28.4 Å². The molecule has 1 aromatic heterocycles. The molecule has 6 aromatic rings. The van der Waals surface area contributed by atoms with Crippen molar-refractivity contribution in [2.75, 3.05) is 21.7 Å². The summed E-state index contributed by atoms with van der Waals surface area (Å²) in [5, 5.41) is 0. The zero-order valence-electron chi connectivity index (χ0n) is 23.3. The maximum Gasteiger partial charge on any atom is 0.285 e. The third kappa shape index (κ3) is 3.84. The maximum absolute atomic E-state index is 4.65. The Morgan fingerprint density at radius 3 is 1.91 bits per heavy atom. The Labute approximate surface area is 266 Å². The largest absolute Gasteiger partial charge is 0.504 e. The molecule has 0 aliphatic carbocycles. The van der Waals surface area contributed by atoms with Crippen molar-refractivity contribution in [3.05, 3.63) is 140 Å². The molecule has 0 fully saturated rings. The number of benzene rings is 5. The third-order valence-electron chi connectivity index (χ3n) is 8.66. The summed E-state index contributed by atoms with van der Waals surface area (Å²) in [6.07, 6.45) is 1.85.